The van der Waals surface area contributed by atoms with Crippen LogP contribution in [0.4, 0.5) is 0 Å². The summed E-state index contributed by atoms with van der Waals surface area (Å²) < 4.78 is 16.6. The number of thioether (sulfide) groups is 1. The van der Waals surface area contributed by atoms with Gasteiger partial charge in [0.1, 0.15) is 24.8 Å². The van der Waals surface area contributed by atoms with E-state index in [1.807, 2.05) is 24.3 Å². The molecule has 0 aliphatic carbocycles. The predicted octanol–water partition coefficient (Wildman–Crippen LogP) is 4.58. The number of nitrogens with zero attached hydrogens (tertiary/aromatic N) is 2. The fraction of sp³-hybridized carbons (Fsp3) is 0.136. The van der Waals surface area contributed by atoms with E-state index in [0.717, 1.165) is 0 Å². The van der Waals surface area contributed by atoms with Crippen LogP contribution in [0, 0.1) is 5.41 Å². The van der Waals surface area contributed by atoms with Gasteiger partial charge in [-0.15, -0.1) is 0 Å². The molecule has 2 aliphatic rings. The van der Waals surface area contributed by atoms with Crippen LogP contribution in [0.5, 0.6) is 17.2 Å². The molecular formula is C22H18ClN3O4S. The van der Waals surface area contributed by atoms with Crippen molar-refractivity contribution in [2.45, 2.75) is 0 Å². The van der Waals surface area contributed by atoms with Gasteiger partial charge in [0.05, 0.1) is 17.7 Å². The van der Waals surface area contributed by atoms with Crippen LogP contribution in [0.15, 0.2) is 64.6 Å². The normalized spacial score (nSPS) is 16.4. The molecule has 158 valence electrons. The van der Waals surface area contributed by atoms with Crippen molar-refractivity contribution in [1.29, 1.82) is 5.41 Å². The Hall–Kier alpha value is -3.23. The van der Waals surface area contributed by atoms with E-state index in [-0.39, 0.29) is 18.0 Å². The number of hydrogen-bond acceptors (Lipinski definition) is 6. The molecule has 1 amide bonds. The van der Waals surface area contributed by atoms with Crippen LogP contribution in [-0.4, -0.2) is 42.1 Å². The van der Waals surface area contributed by atoms with E-state index in [2.05, 4.69) is 4.99 Å². The molecule has 9 heteroatoms. The Kier molecular flexibility index (Phi) is 6.29. The van der Waals surface area contributed by atoms with Crippen molar-refractivity contribution in [2.75, 3.05) is 20.3 Å². The van der Waals surface area contributed by atoms with Crippen LogP contribution >= 0.6 is 23.4 Å². The molecule has 0 atom stereocenters. The van der Waals surface area contributed by atoms with Gasteiger partial charge in [-0.3, -0.25) is 15.1 Å². The highest BCUT2D eigenvalue weighted by Gasteiger charge is 2.31. The van der Waals surface area contributed by atoms with E-state index in [1.54, 1.807) is 47.9 Å². The van der Waals surface area contributed by atoms with Crippen LogP contribution in [0.2, 0.25) is 5.02 Å². The van der Waals surface area contributed by atoms with E-state index in [1.165, 1.54) is 11.8 Å². The molecule has 2 aromatic rings. The van der Waals surface area contributed by atoms with Gasteiger partial charge < -0.3 is 14.2 Å². The summed E-state index contributed by atoms with van der Waals surface area (Å²) in [6, 6.07) is 12.5. The molecular weight excluding hydrogens is 438 g/mol. The zero-order valence-corrected chi connectivity index (χ0v) is 18.1. The average Bonchev–Trinajstić information content (AvgIpc) is 3.24. The molecule has 0 fully saturated rings. The highest BCUT2D eigenvalue weighted by molar-refractivity contribution is 8.16. The van der Waals surface area contributed by atoms with Crippen molar-refractivity contribution in [2.24, 2.45) is 4.99 Å². The number of halogens is 1. The van der Waals surface area contributed by atoms with E-state index in [9.17, 15) is 4.79 Å². The first-order chi connectivity index (χ1) is 15.1. The average molecular weight is 456 g/mol. The summed E-state index contributed by atoms with van der Waals surface area (Å²) in [6.07, 6.45) is 3.31. The van der Waals surface area contributed by atoms with Crippen LogP contribution in [-0.2, 0) is 4.79 Å². The molecule has 0 spiro atoms. The lowest BCUT2D eigenvalue weighted by Crippen LogP contribution is -2.35. The number of rotatable bonds is 7. The maximum absolute atomic E-state index is 12.3. The Morgan fingerprint density at radius 3 is 2.61 bits per heavy atom. The van der Waals surface area contributed by atoms with Crippen molar-refractivity contribution in [3.8, 4) is 17.2 Å². The van der Waals surface area contributed by atoms with Gasteiger partial charge in [0.15, 0.2) is 16.7 Å². The minimum atomic E-state index is -0.447. The second-order valence-electron chi connectivity index (χ2n) is 6.42. The first-order valence-corrected chi connectivity index (χ1v) is 10.6. The molecule has 2 aliphatic heterocycles. The number of ether oxygens (including phenoxy) is 3. The fourth-order valence-electron chi connectivity index (χ4n) is 2.96. The highest BCUT2D eigenvalue weighted by atomic mass is 35.5. The number of benzene rings is 2. The molecule has 0 aromatic heterocycles. The van der Waals surface area contributed by atoms with Gasteiger partial charge in [0.25, 0.3) is 5.91 Å². The fourth-order valence-corrected chi connectivity index (χ4v) is 3.91. The van der Waals surface area contributed by atoms with Crippen LogP contribution in [0.3, 0.4) is 0 Å². The second-order valence-corrected chi connectivity index (χ2v) is 7.70. The van der Waals surface area contributed by atoms with E-state index < -0.39 is 5.91 Å². The highest BCUT2D eigenvalue weighted by Crippen LogP contribution is 2.30. The van der Waals surface area contributed by atoms with Gasteiger partial charge in [-0.1, -0.05) is 41.6 Å². The van der Waals surface area contributed by atoms with Gasteiger partial charge in [-0.25, -0.2) is 0 Å². The lowest BCUT2D eigenvalue weighted by atomic mass is 10.1. The maximum atomic E-state index is 12.3. The summed E-state index contributed by atoms with van der Waals surface area (Å²) in [7, 11) is 1.59. The topological polar surface area (TPSA) is 84.2 Å². The van der Waals surface area contributed by atoms with Gasteiger partial charge in [0, 0.05) is 6.20 Å². The smallest absolute Gasteiger partial charge is 0.283 e. The molecule has 2 heterocycles. The summed E-state index contributed by atoms with van der Waals surface area (Å²) in [5.74, 6) is 1.42. The first-order valence-electron chi connectivity index (χ1n) is 9.31. The summed E-state index contributed by atoms with van der Waals surface area (Å²) in [6.45, 7) is 0.605. The lowest BCUT2D eigenvalue weighted by molar-refractivity contribution is -0.114. The zero-order chi connectivity index (χ0) is 21.8. The Morgan fingerprint density at radius 1 is 1.13 bits per heavy atom. The number of amides is 1. The number of nitrogens with one attached hydrogen (secondary N) is 1. The molecule has 31 heavy (non-hydrogen) atoms. The predicted molar refractivity (Wildman–Crippen MR) is 122 cm³/mol. The van der Waals surface area contributed by atoms with Crippen molar-refractivity contribution in [3.63, 3.8) is 0 Å². The quantitative estimate of drug-likeness (QED) is 0.486. The molecule has 0 saturated carbocycles. The number of hydrogen-bond donors (Lipinski definition) is 1. The van der Waals surface area contributed by atoms with Crippen LogP contribution in [0.25, 0.3) is 6.08 Å². The largest absolute Gasteiger partial charge is 0.493 e. The van der Waals surface area contributed by atoms with Gasteiger partial charge in [0.2, 0.25) is 0 Å². The number of para-hydroxylation sites is 2. The second kappa shape index (κ2) is 9.28. The molecule has 0 bridgehead atoms. The number of carbonyl (C=O) groups excluding carboxylic acids is 1. The van der Waals surface area contributed by atoms with Gasteiger partial charge in [-0.2, -0.15) is 4.99 Å². The third kappa shape index (κ3) is 4.60. The Morgan fingerprint density at radius 2 is 1.87 bits per heavy atom. The molecule has 4 rings (SSSR count). The standard InChI is InChI=1S/C22H18ClN3O4S/c1-28-18-4-2-3-5-19(18)30-10-9-29-17-7-6-14(13-16(17)23)12-15-20(24)26-8-11-31-22(26)25-21(15)27/h2-8,11-13,24H,9-10H2,1H3/b15-12-,24-20?. The van der Waals surface area contributed by atoms with Crippen molar-refractivity contribution >= 4 is 46.3 Å². The number of fused-ring (bicyclic) bond motifs is 1. The van der Waals surface area contributed by atoms with Crippen molar-refractivity contribution in [1.82, 2.24) is 4.90 Å². The molecule has 7 nitrogen and oxygen atoms in total. The van der Waals surface area contributed by atoms with Crippen LogP contribution in [0.1, 0.15) is 5.56 Å². The zero-order valence-electron chi connectivity index (χ0n) is 16.5. The molecule has 1 N–H and O–H groups in total. The Balaban J connectivity index is 1.39. The Labute approximate surface area is 188 Å². The number of carbonyl (C=O) groups is 1. The van der Waals surface area contributed by atoms with Gasteiger partial charge in [-0.05, 0) is 41.3 Å². The monoisotopic (exact) mass is 455 g/mol. The summed E-state index contributed by atoms with van der Waals surface area (Å²) >= 11 is 7.65. The van der Waals surface area contributed by atoms with Crippen molar-refractivity contribution < 1.29 is 19.0 Å². The molecule has 0 saturated heterocycles. The molecule has 0 unspecified atom stereocenters. The van der Waals surface area contributed by atoms with Crippen molar-refractivity contribution in [3.05, 3.63) is 70.2 Å². The van der Waals surface area contributed by atoms with E-state index in [0.29, 0.717) is 39.6 Å². The van der Waals surface area contributed by atoms with E-state index >= 15 is 0 Å². The number of aliphatic imine (C=N–C) groups is 1. The molecule has 2 aromatic carbocycles. The SMILES string of the molecule is COc1ccccc1OCCOc1ccc(/C=C2/C(=N)N3C=CSC3=NC2=O)cc1Cl. The Bertz CT molecular complexity index is 1130. The molecule has 0 radical (unpaired) electrons. The third-order valence-corrected chi connectivity index (χ3v) is 5.50. The minimum Gasteiger partial charge on any atom is -0.493 e. The summed E-state index contributed by atoms with van der Waals surface area (Å²) in [4.78, 5) is 17.9. The minimum absolute atomic E-state index is 0.0844. The number of methoxy groups -OCH3 is 1. The summed E-state index contributed by atoms with van der Waals surface area (Å²) in [5, 5.41) is 10.9. The lowest BCUT2D eigenvalue weighted by Gasteiger charge is -2.22. The first kappa shape index (κ1) is 21.0. The van der Waals surface area contributed by atoms with E-state index in [4.69, 9.17) is 31.2 Å². The maximum Gasteiger partial charge on any atom is 0.283 e. The van der Waals surface area contributed by atoms with Gasteiger partial charge >= 0.3 is 0 Å². The third-order valence-electron chi connectivity index (χ3n) is 4.45. The number of amidine groups is 2. The summed E-state index contributed by atoms with van der Waals surface area (Å²) in [5.41, 5.74) is 0.871. The van der Waals surface area contributed by atoms with Crippen LogP contribution < -0.4 is 14.2 Å².